The summed E-state index contributed by atoms with van der Waals surface area (Å²) in [6, 6.07) is 3.69. The standard InChI is InChI=1S/C15H17FO7/c1-19-7-8-22-15(18)13-10(16)5-4-6-11(13)23-12(9-20-2)14(17)21-3/h4-6,9H,7-8H2,1-3H3. The lowest BCUT2D eigenvalue weighted by molar-refractivity contribution is -0.138. The second kappa shape index (κ2) is 9.42. The molecule has 0 aliphatic rings. The summed E-state index contributed by atoms with van der Waals surface area (Å²) in [6.07, 6.45) is 0.969. The van der Waals surface area contributed by atoms with Crippen molar-refractivity contribution in [1.29, 1.82) is 0 Å². The van der Waals surface area contributed by atoms with E-state index < -0.39 is 23.3 Å². The Morgan fingerprint density at radius 1 is 1.17 bits per heavy atom. The summed E-state index contributed by atoms with van der Waals surface area (Å²) in [4.78, 5) is 23.5. The summed E-state index contributed by atoms with van der Waals surface area (Å²) in [7, 11) is 3.86. The number of carbonyl (C=O) groups excluding carboxylic acids is 2. The third kappa shape index (κ3) is 5.26. The number of carbonyl (C=O) groups is 2. The summed E-state index contributed by atoms with van der Waals surface area (Å²) in [5.41, 5.74) is -0.450. The predicted octanol–water partition coefficient (Wildman–Crippen LogP) is 1.67. The van der Waals surface area contributed by atoms with Gasteiger partial charge in [-0.2, -0.15) is 0 Å². The Morgan fingerprint density at radius 2 is 1.91 bits per heavy atom. The van der Waals surface area contributed by atoms with Gasteiger partial charge in [0, 0.05) is 7.11 Å². The van der Waals surface area contributed by atoms with E-state index in [4.69, 9.17) is 18.9 Å². The third-order valence-corrected chi connectivity index (χ3v) is 2.53. The molecule has 1 rings (SSSR count). The first-order chi connectivity index (χ1) is 11.0. The highest BCUT2D eigenvalue weighted by Gasteiger charge is 2.23. The van der Waals surface area contributed by atoms with E-state index in [1.807, 2.05) is 0 Å². The number of hydrogen-bond donors (Lipinski definition) is 0. The minimum Gasteiger partial charge on any atom is -0.500 e. The molecule has 0 unspecified atom stereocenters. The van der Waals surface area contributed by atoms with Crippen molar-refractivity contribution in [1.82, 2.24) is 0 Å². The molecule has 0 bridgehead atoms. The van der Waals surface area contributed by atoms with Crippen LogP contribution in [-0.2, 0) is 23.7 Å². The van der Waals surface area contributed by atoms with Crippen LogP contribution in [0.4, 0.5) is 4.39 Å². The van der Waals surface area contributed by atoms with Crippen LogP contribution in [0.15, 0.2) is 30.2 Å². The maximum atomic E-state index is 13.9. The molecule has 1 aromatic carbocycles. The van der Waals surface area contributed by atoms with Gasteiger partial charge in [-0.25, -0.2) is 14.0 Å². The molecule has 126 valence electrons. The Hall–Kier alpha value is -2.61. The van der Waals surface area contributed by atoms with Crippen molar-refractivity contribution in [2.45, 2.75) is 0 Å². The van der Waals surface area contributed by atoms with E-state index >= 15 is 0 Å². The number of benzene rings is 1. The lowest BCUT2D eigenvalue weighted by atomic mass is 10.2. The zero-order valence-corrected chi connectivity index (χ0v) is 13.0. The van der Waals surface area contributed by atoms with Gasteiger partial charge in [-0.1, -0.05) is 6.07 Å². The average Bonchev–Trinajstić information content (AvgIpc) is 2.54. The summed E-state index contributed by atoms with van der Waals surface area (Å²) >= 11 is 0. The molecule has 0 aromatic heterocycles. The van der Waals surface area contributed by atoms with Crippen LogP contribution in [-0.4, -0.2) is 46.5 Å². The molecule has 0 saturated heterocycles. The van der Waals surface area contributed by atoms with Gasteiger partial charge in [-0.05, 0) is 12.1 Å². The predicted molar refractivity (Wildman–Crippen MR) is 76.3 cm³/mol. The van der Waals surface area contributed by atoms with Crippen LogP contribution >= 0.6 is 0 Å². The van der Waals surface area contributed by atoms with Gasteiger partial charge in [0.2, 0.25) is 5.76 Å². The molecule has 8 heteroatoms. The van der Waals surface area contributed by atoms with Crippen LogP contribution in [0.3, 0.4) is 0 Å². The second-order valence-electron chi connectivity index (χ2n) is 4.05. The van der Waals surface area contributed by atoms with Gasteiger partial charge in [-0.15, -0.1) is 0 Å². The van der Waals surface area contributed by atoms with Gasteiger partial charge in [0.1, 0.15) is 30.0 Å². The van der Waals surface area contributed by atoms with Gasteiger partial charge in [0.25, 0.3) is 0 Å². The van der Waals surface area contributed by atoms with Crippen molar-refractivity contribution in [2.24, 2.45) is 0 Å². The van der Waals surface area contributed by atoms with Crippen LogP contribution in [0.1, 0.15) is 10.4 Å². The summed E-state index contributed by atoms with van der Waals surface area (Å²) in [5.74, 6) is -3.22. The van der Waals surface area contributed by atoms with E-state index in [2.05, 4.69) is 4.74 Å². The van der Waals surface area contributed by atoms with Crippen LogP contribution in [0.5, 0.6) is 5.75 Å². The Labute approximate surface area is 132 Å². The van der Waals surface area contributed by atoms with Crippen LogP contribution < -0.4 is 4.74 Å². The highest BCUT2D eigenvalue weighted by atomic mass is 19.1. The van der Waals surface area contributed by atoms with Crippen molar-refractivity contribution in [2.75, 3.05) is 34.5 Å². The average molecular weight is 328 g/mol. The number of halogens is 1. The molecular weight excluding hydrogens is 311 g/mol. The summed E-state index contributed by atoms with van der Waals surface area (Å²) in [6.45, 7) is 0.105. The highest BCUT2D eigenvalue weighted by Crippen LogP contribution is 2.25. The smallest absolute Gasteiger partial charge is 0.377 e. The van der Waals surface area contributed by atoms with E-state index in [0.717, 1.165) is 19.4 Å². The fraction of sp³-hybridized carbons (Fsp3) is 0.333. The van der Waals surface area contributed by atoms with E-state index in [9.17, 15) is 14.0 Å². The van der Waals surface area contributed by atoms with Gasteiger partial charge in [0.15, 0.2) is 0 Å². The molecule has 0 fully saturated rings. The van der Waals surface area contributed by atoms with Crippen molar-refractivity contribution in [3.63, 3.8) is 0 Å². The fourth-order valence-electron chi connectivity index (χ4n) is 1.52. The molecule has 0 saturated carbocycles. The molecule has 0 aliphatic carbocycles. The molecule has 0 atom stereocenters. The molecule has 0 N–H and O–H groups in total. The molecule has 23 heavy (non-hydrogen) atoms. The quantitative estimate of drug-likeness (QED) is 0.311. The van der Waals surface area contributed by atoms with Crippen LogP contribution in [0, 0.1) is 5.82 Å². The first kappa shape index (κ1) is 18.4. The lowest BCUT2D eigenvalue weighted by Gasteiger charge is -2.12. The maximum absolute atomic E-state index is 13.9. The van der Waals surface area contributed by atoms with Crippen LogP contribution in [0.2, 0.25) is 0 Å². The normalized spacial score (nSPS) is 10.9. The van der Waals surface area contributed by atoms with Gasteiger partial charge < -0.3 is 23.7 Å². The number of esters is 2. The van der Waals surface area contributed by atoms with Crippen LogP contribution in [0.25, 0.3) is 0 Å². The fourth-order valence-corrected chi connectivity index (χ4v) is 1.52. The second-order valence-corrected chi connectivity index (χ2v) is 4.05. The largest absolute Gasteiger partial charge is 0.500 e. The van der Waals surface area contributed by atoms with Crippen molar-refractivity contribution < 1.29 is 37.7 Å². The first-order valence-electron chi connectivity index (χ1n) is 6.48. The molecule has 0 heterocycles. The van der Waals surface area contributed by atoms with E-state index in [-0.39, 0.29) is 24.7 Å². The molecule has 0 spiro atoms. The van der Waals surface area contributed by atoms with E-state index in [0.29, 0.717) is 0 Å². The lowest BCUT2D eigenvalue weighted by Crippen LogP contribution is -2.16. The number of rotatable bonds is 8. The van der Waals surface area contributed by atoms with Crippen molar-refractivity contribution >= 4 is 11.9 Å². The molecule has 1 aromatic rings. The zero-order valence-electron chi connectivity index (χ0n) is 13.0. The third-order valence-electron chi connectivity index (χ3n) is 2.53. The zero-order chi connectivity index (χ0) is 17.2. The van der Waals surface area contributed by atoms with E-state index in [1.54, 1.807) is 0 Å². The summed E-state index contributed by atoms with van der Waals surface area (Å²) in [5, 5.41) is 0. The Bertz CT molecular complexity index is 583. The first-order valence-corrected chi connectivity index (χ1v) is 6.48. The Balaban J connectivity index is 3.07. The molecule has 0 amide bonds. The van der Waals surface area contributed by atoms with Crippen molar-refractivity contribution in [3.8, 4) is 5.75 Å². The molecule has 7 nitrogen and oxygen atoms in total. The summed E-state index contributed by atoms with van der Waals surface area (Å²) < 4.78 is 38.0. The van der Waals surface area contributed by atoms with E-state index in [1.165, 1.54) is 26.4 Å². The minimum atomic E-state index is -0.947. The molecule has 0 aliphatic heterocycles. The van der Waals surface area contributed by atoms with Crippen molar-refractivity contribution in [3.05, 3.63) is 41.6 Å². The topological polar surface area (TPSA) is 80.3 Å². The highest BCUT2D eigenvalue weighted by molar-refractivity contribution is 5.93. The number of ether oxygens (including phenoxy) is 5. The molecule has 0 radical (unpaired) electrons. The SMILES string of the molecule is COC=C(Oc1cccc(F)c1C(=O)OCCOC)C(=O)OC. The number of hydrogen-bond acceptors (Lipinski definition) is 7. The van der Waals surface area contributed by atoms with Gasteiger partial charge in [0.05, 0.1) is 20.8 Å². The monoisotopic (exact) mass is 328 g/mol. The maximum Gasteiger partial charge on any atom is 0.377 e. The Kier molecular flexibility index (Phi) is 7.55. The number of methoxy groups -OCH3 is 3. The Morgan fingerprint density at radius 3 is 2.52 bits per heavy atom. The minimum absolute atomic E-state index is 0.0547. The van der Waals surface area contributed by atoms with Gasteiger partial charge in [-0.3, -0.25) is 0 Å². The molecular formula is C15H17FO7. The van der Waals surface area contributed by atoms with Gasteiger partial charge >= 0.3 is 11.9 Å².